The van der Waals surface area contributed by atoms with Crippen molar-refractivity contribution in [3.05, 3.63) is 10.0 Å². The predicted octanol–water partition coefficient (Wildman–Crippen LogP) is 2.64. The molecule has 0 aliphatic rings. The lowest BCUT2D eigenvalue weighted by Gasteiger charge is -2.08. The molecule has 3 N–H and O–H groups in total. The Morgan fingerprint density at radius 1 is 1.79 bits per heavy atom. The minimum absolute atomic E-state index is 0.296. The van der Waals surface area contributed by atoms with Crippen LogP contribution < -0.4 is 11.1 Å². The summed E-state index contributed by atoms with van der Waals surface area (Å²) in [5, 5.41) is 4.37. The average molecular weight is 250 g/mol. The van der Waals surface area contributed by atoms with E-state index in [9.17, 15) is 0 Å². The molecule has 1 aromatic heterocycles. The highest BCUT2D eigenvalue weighted by molar-refractivity contribution is 7.81. The molecule has 0 saturated heterocycles. The van der Waals surface area contributed by atoms with Crippen molar-refractivity contribution in [3.63, 3.8) is 0 Å². The predicted molar refractivity (Wildman–Crippen MR) is 66.4 cm³/mol. The molecular formula is C8H12ClN3S2. The highest BCUT2D eigenvalue weighted by atomic mass is 35.5. The van der Waals surface area contributed by atoms with Gasteiger partial charge in [-0.2, -0.15) is 0 Å². The molecule has 14 heavy (non-hydrogen) atoms. The summed E-state index contributed by atoms with van der Waals surface area (Å²) in [6, 6.07) is 0.372. The third kappa shape index (κ3) is 2.80. The van der Waals surface area contributed by atoms with Crippen LogP contribution >= 0.6 is 35.2 Å². The Morgan fingerprint density at radius 2 is 2.43 bits per heavy atom. The van der Waals surface area contributed by atoms with E-state index in [1.54, 1.807) is 0 Å². The third-order valence-electron chi connectivity index (χ3n) is 1.79. The average Bonchev–Trinajstić information content (AvgIpc) is 2.46. The van der Waals surface area contributed by atoms with Gasteiger partial charge in [0.2, 0.25) is 0 Å². The molecule has 0 aliphatic heterocycles. The molecule has 3 nitrogen and oxygen atoms in total. The lowest BCUT2D eigenvalue weighted by molar-refractivity contribution is 0.763. The zero-order chi connectivity index (χ0) is 10.7. The second-order valence-corrected chi connectivity index (χ2v) is 4.75. The van der Waals surface area contributed by atoms with E-state index in [-0.39, 0.29) is 0 Å². The summed E-state index contributed by atoms with van der Waals surface area (Å²) in [6.45, 7) is 4.18. The lowest BCUT2D eigenvalue weighted by atomic mass is 10.3. The Morgan fingerprint density at radius 3 is 2.86 bits per heavy atom. The minimum Gasteiger partial charge on any atom is -0.389 e. The minimum atomic E-state index is 0.296. The normalized spacial score (nSPS) is 12.5. The Hall–Kier alpha value is -0.390. The number of nitrogens with two attached hydrogens (primary N) is 1. The van der Waals surface area contributed by atoms with Gasteiger partial charge in [-0.05, 0) is 13.3 Å². The molecule has 0 bridgehead atoms. The summed E-state index contributed by atoms with van der Waals surface area (Å²) in [4.78, 5) is 5.09. The maximum absolute atomic E-state index is 5.86. The van der Waals surface area contributed by atoms with Crippen molar-refractivity contribution in [3.8, 4) is 0 Å². The zero-order valence-electron chi connectivity index (χ0n) is 8.00. The van der Waals surface area contributed by atoms with Gasteiger partial charge < -0.3 is 11.1 Å². The molecule has 0 aliphatic carbocycles. The summed E-state index contributed by atoms with van der Waals surface area (Å²) < 4.78 is 0. The number of nitrogens with zero attached hydrogens (tertiary/aromatic N) is 1. The van der Waals surface area contributed by atoms with Crippen LogP contribution in [-0.2, 0) is 0 Å². The molecule has 1 aromatic rings. The number of thiocarbonyl (C=S) groups is 1. The Balaban J connectivity index is 2.81. The Bertz CT molecular complexity index is 337. The van der Waals surface area contributed by atoms with E-state index in [4.69, 9.17) is 29.6 Å². The van der Waals surface area contributed by atoms with Gasteiger partial charge in [-0.3, -0.25) is 0 Å². The molecule has 1 atom stereocenters. The number of hydrogen-bond donors (Lipinski definition) is 2. The molecule has 0 radical (unpaired) electrons. The largest absolute Gasteiger partial charge is 0.389 e. The van der Waals surface area contributed by atoms with Crippen LogP contribution in [0.15, 0.2) is 0 Å². The number of aromatic nitrogens is 1. The van der Waals surface area contributed by atoms with Crippen molar-refractivity contribution in [2.45, 2.75) is 26.3 Å². The number of halogens is 1. The van der Waals surface area contributed by atoms with Crippen LogP contribution in [-0.4, -0.2) is 16.0 Å². The quantitative estimate of drug-likeness (QED) is 0.806. The first-order chi connectivity index (χ1) is 6.54. The fourth-order valence-corrected chi connectivity index (χ4v) is 2.28. The topological polar surface area (TPSA) is 50.9 Å². The number of rotatable bonds is 4. The molecule has 0 spiro atoms. The van der Waals surface area contributed by atoms with Crippen molar-refractivity contribution >= 4 is 45.3 Å². The summed E-state index contributed by atoms with van der Waals surface area (Å²) >= 11 is 12.1. The molecule has 1 heterocycles. The number of nitrogens with one attached hydrogen (secondary N) is 1. The lowest BCUT2D eigenvalue weighted by Crippen LogP contribution is -2.12. The van der Waals surface area contributed by atoms with Crippen molar-refractivity contribution in [1.29, 1.82) is 0 Å². The van der Waals surface area contributed by atoms with Crippen molar-refractivity contribution in [2.24, 2.45) is 5.73 Å². The van der Waals surface area contributed by atoms with E-state index in [1.165, 1.54) is 11.3 Å². The molecule has 78 valence electrons. The van der Waals surface area contributed by atoms with Crippen LogP contribution in [0.3, 0.4) is 0 Å². The summed E-state index contributed by atoms with van der Waals surface area (Å²) in [6.07, 6.45) is 1.03. The van der Waals surface area contributed by atoms with Gasteiger partial charge in [0.15, 0.2) is 10.3 Å². The first kappa shape index (κ1) is 11.7. The van der Waals surface area contributed by atoms with Crippen LogP contribution in [0.5, 0.6) is 0 Å². The van der Waals surface area contributed by atoms with Crippen LogP contribution in [0, 0.1) is 0 Å². The van der Waals surface area contributed by atoms with E-state index in [2.05, 4.69) is 24.1 Å². The van der Waals surface area contributed by atoms with Gasteiger partial charge in [0, 0.05) is 6.04 Å². The first-order valence-electron chi connectivity index (χ1n) is 4.27. The van der Waals surface area contributed by atoms with Gasteiger partial charge >= 0.3 is 0 Å². The fraction of sp³-hybridized carbons (Fsp3) is 0.500. The molecule has 6 heteroatoms. The van der Waals surface area contributed by atoms with E-state index in [1.807, 2.05) is 0 Å². The second-order valence-electron chi connectivity index (χ2n) is 2.96. The number of anilines is 1. The van der Waals surface area contributed by atoms with E-state index >= 15 is 0 Å². The van der Waals surface area contributed by atoms with Gasteiger partial charge in [0.05, 0.1) is 0 Å². The zero-order valence-corrected chi connectivity index (χ0v) is 10.4. The Kier molecular flexibility index (Phi) is 4.10. The van der Waals surface area contributed by atoms with Crippen LogP contribution in [0.1, 0.15) is 25.1 Å². The van der Waals surface area contributed by atoms with Crippen LogP contribution in [0.25, 0.3) is 0 Å². The standard InChI is InChI=1S/C8H12ClN3S2/c1-3-4(2)11-8-12-6(9)5(14-8)7(10)13/h4H,3H2,1-2H3,(H2,10,13)(H,11,12). The first-order valence-corrected chi connectivity index (χ1v) is 5.87. The number of hydrogen-bond acceptors (Lipinski definition) is 4. The second kappa shape index (κ2) is 4.91. The molecule has 1 unspecified atom stereocenters. The molecule has 0 fully saturated rings. The van der Waals surface area contributed by atoms with Gasteiger partial charge in [-0.25, -0.2) is 4.98 Å². The molecule has 0 amide bonds. The van der Waals surface area contributed by atoms with E-state index < -0.39 is 0 Å². The third-order valence-corrected chi connectivity index (χ3v) is 3.53. The maximum atomic E-state index is 5.86. The fourth-order valence-electron chi connectivity index (χ4n) is 0.828. The summed E-state index contributed by atoms with van der Waals surface area (Å²) in [5.74, 6) is 0. The van der Waals surface area contributed by atoms with Gasteiger partial charge in [0.1, 0.15) is 9.87 Å². The molecule has 0 aromatic carbocycles. The van der Waals surface area contributed by atoms with Crippen LogP contribution in [0.4, 0.5) is 5.13 Å². The maximum Gasteiger partial charge on any atom is 0.185 e. The molecule has 1 rings (SSSR count). The summed E-state index contributed by atoms with van der Waals surface area (Å²) in [7, 11) is 0. The Labute approximate surface area is 97.7 Å². The molecular weight excluding hydrogens is 238 g/mol. The van der Waals surface area contributed by atoms with Crippen LogP contribution in [0.2, 0.25) is 5.15 Å². The van der Waals surface area contributed by atoms with E-state index in [0.717, 1.165) is 11.6 Å². The summed E-state index contributed by atoms with van der Waals surface area (Å²) in [5.41, 5.74) is 5.48. The van der Waals surface area contributed by atoms with Gasteiger partial charge in [-0.1, -0.05) is 42.1 Å². The van der Waals surface area contributed by atoms with Crippen molar-refractivity contribution in [1.82, 2.24) is 4.98 Å². The smallest absolute Gasteiger partial charge is 0.185 e. The monoisotopic (exact) mass is 249 g/mol. The van der Waals surface area contributed by atoms with E-state index in [0.29, 0.717) is 21.1 Å². The number of thiazole rings is 1. The van der Waals surface area contributed by atoms with Crippen molar-refractivity contribution in [2.75, 3.05) is 5.32 Å². The molecule has 0 saturated carbocycles. The highest BCUT2D eigenvalue weighted by Gasteiger charge is 2.12. The SMILES string of the molecule is CCC(C)Nc1nc(Cl)c(C(N)=S)s1. The highest BCUT2D eigenvalue weighted by Crippen LogP contribution is 2.27. The van der Waals surface area contributed by atoms with Gasteiger partial charge in [0.25, 0.3) is 0 Å². The van der Waals surface area contributed by atoms with Gasteiger partial charge in [-0.15, -0.1) is 0 Å². The van der Waals surface area contributed by atoms with Crippen molar-refractivity contribution < 1.29 is 0 Å².